The Kier molecular flexibility index (Phi) is 5.52. The van der Waals surface area contributed by atoms with E-state index in [4.69, 9.17) is 14.2 Å². The van der Waals surface area contributed by atoms with Gasteiger partial charge in [0.2, 0.25) is 0 Å². The van der Waals surface area contributed by atoms with Crippen LogP contribution in [-0.4, -0.2) is 43.4 Å². The third kappa shape index (κ3) is 3.70. The number of fused-ring (bicyclic) bond motifs is 1. The summed E-state index contributed by atoms with van der Waals surface area (Å²) in [6.07, 6.45) is 0.781. The molecular formula is C20H26N2O4. The van der Waals surface area contributed by atoms with Gasteiger partial charge in [-0.3, -0.25) is 4.79 Å². The summed E-state index contributed by atoms with van der Waals surface area (Å²) in [5.41, 5.74) is 3.53. The number of aromatic nitrogens is 1. The highest BCUT2D eigenvalue weighted by Gasteiger charge is 2.19. The summed E-state index contributed by atoms with van der Waals surface area (Å²) in [6.45, 7) is 7.68. The van der Waals surface area contributed by atoms with Crippen molar-refractivity contribution in [1.82, 2.24) is 9.88 Å². The first-order valence-corrected chi connectivity index (χ1v) is 8.90. The van der Waals surface area contributed by atoms with E-state index in [0.29, 0.717) is 25.4 Å². The largest absolute Gasteiger partial charge is 0.486 e. The van der Waals surface area contributed by atoms with Crippen LogP contribution in [0.25, 0.3) is 5.69 Å². The minimum Gasteiger partial charge on any atom is -0.486 e. The molecule has 1 aromatic heterocycles. The second-order valence-corrected chi connectivity index (χ2v) is 6.60. The fourth-order valence-electron chi connectivity index (χ4n) is 3.23. The summed E-state index contributed by atoms with van der Waals surface area (Å²) in [6, 6.07) is 7.83. The Morgan fingerprint density at radius 2 is 1.96 bits per heavy atom. The molecule has 2 heterocycles. The van der Waals surface area contributed by atoms with Crippen molar-refractivity contribution in [3.05, 3.63) is 41.2 Å². The first kappa shape index (κ1) is 18.3. The lowest BCUT2D eigenvalue weighted by molar-refractivity contribution is 0.0929. The van der Waals surface area contributed by atoms with Gasteiger partial charge in [0.15, 0.2) is 11.5 Å². The zero-order valence-corrected chi connectivity index (χ0v) is 15.8. The van der Waals surface area contributed by atoms with Gasteiger partial charge in [0.1, 0.15) is 13.2 Å². The van der Waals surface area contributed by atoms with Gasteiger partial charge in [0.05, 0.1) is 5.56 Å². The fraction of sp³-hybridized carbons (Fsp3) is 0.450. The Morgan fingerprint density at radius 3 is 2.69 bits per heavy atom. The predicted molar refractivity (Wildman–Crippen MR) is 99.7 cm³/mol. The Hall–Kier alpha value is -2.47. The van der Waals surface area contributed by atoms with Crippen LogP contribution in [0.4, 0.5) is 0 Å². The molecule has 0 fully saturated rings. The van der Waals surface area contributed by atoms with Gasteiger partial charge in [-0.05, 0) is 45.4 Å². The summed E-state index contributed by atoms with van der Waals surface area (Å²) in [5.74, 6) is 1.43. The Labute approximate surface area is 154 Å². The van der Waals surface area contributed by atoms with Gasteiger partial charge >= 0.3 is 0 Å². The average Bonchev–Trinajstić information content (AvgIpc) is 2.94. The van der Waals surface area contributed by atoms with E-state index >= 15 is 0 Å². The van der Waals surface area contributed by atoms with Crippen molar-refractivity contribution in [2.24, 2.45) is 0 Å². The monoisotopic (exact) mass is 358 g/mol. The molecule has 0 saturated heterocycles. The van der Waals surface area contributed by atoms with E-state index in [1.807, 2.05) is 45.0 Å². The van der Waals surface area contributed by atoms with E-state index in [0.717, 1.165) is 35.0 Å². The minimum atomic E-state index is -0.0644. The lowest BCUT2D eigenvalue weighted by Crippen LogP contribution is -2.33. The highest BCUT2D eigenvalue weighted by molar-refractivity contribution is 5.96. The topological polar surface area (TPSA) is 61.7 Å². The Bertz CT molecular complexity index is 797. The van der Waals surface area contributed by atoms with Crippen LogP contribution in [0, 0.1) is 13.8 Å². The van der Waals surface area contributed by atoms with Crippen molar-refractivity contribution >= 4 is 5.91 Å². The lowest BCUT2D eigenvalue weighted by Gasteiger charge is -2.20. The third-order valence-electron chi connectivity index (χ3n) is 4.59. The molecule has 1 atom stereocenters. The number of ether oxygens (including phenoxy) is 3. The summed E-state index contributed by atoms with van der Waals surface area (Å²) in [7, 11) is 1.66. The molecule has 3 rings (SSSR count). The SMILES string of the molecule is COCC[C@H](C)NC(=O)c1cc(C)n(-c2ccc3c(c2)OCCO3)c1C. The van der Waals surface area contributed by atoms with E-state index in [-0.39, 0.29) is 11.9 Å². The number of nitrogens with one attached hydrogen (secondary N) is 1. The van der Waals surface area contributed by atoms with Crippen LogP contribution in [0.2, 0.25) is 0 Å². The number of carbonyl (C=O) groups excluding carboxylic acids is 1. The summed E-state index contributed by atoms with van der Waals surface area (Å²) < 4.78 is 18.4. The molecule has 140 valence electrons. The average molecular weight is 358 g/mol. The molecule has 1 aliphatic heterocycles. The van der Waals surface area contributed by atoms with Gasteiger partial charge in [0, 0.05) is 42.9 Å². The van der Waals surface area contributed by atoms with E-state index in [9.17, 15) is 4.79 Å². The van der Waals surface area contributed by atoms with E-state index in [1.54, 1.807) is 7.11 Å². The van der Waals surface area contributed by atoms with Gasteiger partial charge in [-0.25, -0.2) is 0 Å². The van der Waals surface area contributed by atoms with Crippen molar-refractivity contribution in [1.29, 1.82) is 0 Å². The Morgan fingerprint density at radius 1 is 1.23 bits per heavy atom. The molecule has 0 aliphatic carbocycles. The molecule has 2 aromatic rings. The quantitative estimate of drug-likeness (QED) is 0.862. The van der Waals surface area contributed by atoms with Crippen LogP contribution >= 0.6 is 0 Å². The maximum absolute atomic E-state index is 12.7. The molecule has 1 aliphatic rings. The summed E-state index contributed by atoms with van der Waals surface area (Å²) in [5, 5.41) is 3.04. The fourth-order valence-corrected chi connectivity index (χ4v) is 3.23. The molecular weight excluding hydrogens is 332 g/mol. The van der Waals surface area contributed by atoms with Gasteiger partial charge in [0.25, 0.3) is 5.91 Å². The molecule has 1 aromatic carbocycles. The number of carbonyl (C=O) groups is 1. The van der Waals surface area contributed by atoms with Crippen molar-refractivity contribution in [2.75, 3.05) is 26.9 Å². The van der Waals surface area contributed by atoms with Crippen LogP contribution in [0.5, 0.6) is 11.5 Å². The Balaban J connectivity index is 1.85. The second kappa shape index (κ2) is 7.83. The predicted octanol–water partition coefficient (Wildman–Crippen LogP) is 3.02. The number of benzene rings is 1. The number of aryl methyl sites for hydroxylation is 1. The molecule has 0 spiro atoms. The van der Waals surface area contributed by atoms with E-state index in [2.05, 4.69) is 9.88 Å². The summed E-state index contributed by atoms with van der Waals surface area (Å²) >= 11 is 0. The molecule has 1 amide bonds. The zero-order chi connectivity index (χ0) is 18.7. The van der Waals surface area contributed by atoms with Gasteiger partial charge in [-0.1, -0.05) is 0 Å². The van der Waals surface area contributed by atoms with E-state index < -0.39 is 0 Å². The van der Waals surface area contributed by atoms with Crippen molar-refractivity contribution < 1.29 is 19.0 Å². The standard InChI is InChI=1S/C20H26N2O4/c1-13(7-8-24-4)21-20(23)17-11-14(2)22(15(17)3)16-5-6-18-19(12-16)26-10-9-25-18/h5-6,11-13H,7-10H2,1-4H3,(H,21,23)/t13-/m0/s1. The number of hydrogen-bond acceptors (Lipinski definition) is 4. The highest BCUT2D eigenvalue weighted by Crippen LogP contribution is 2.33. The van der Waals surface area contributed by atoms with Gasteiger partial charge in [-0.2, -0.15) is 0 Å². The number of rotatable bonds is 6. The molecule has 0 unspecified atom stereocenters. The first-order valence-electron chi connectivity index (χ1n) is 8.90. The van der Waals surface area contributed by atoms with Crippen molar-refractivity contribution in [2.45, 2.75) is 33.2 Å². The third-order valence-corrected chi connectivity index (χ3v) is 4.59. The van der Waals surface area contributed by atoms with Crippen LogP contribution in [0.15, 0.2) is 24.3 Å². The molecule has 6 heteroatoms. The normalized spacial score (nSPS) is 14.2. The highest BCUT2D eigenvalue weighted by atomic mass is 16.6. The number of hydrogen-bond donors (Lipinski definition) is 1. The van der Waals surface area contributed by atoms with Crippen LogP contribution in [0.1, 0.15) is 35.1 Å². The number of methoxy groups -OCH3 is 1. The lowest BCUT2D eigenvalue weighted by atomic mass is 10.2. The number of nitrogens with zero attached hydrogens (tertiary/aromatic N) is 1. The van der Waals surface area contributed by atoms with Crippen molar-refractivity contribution in [3.8, 4) is 17.2 Å². The second-order valence-electron chi connectivity index (χ2n) is 6.60. The molecule has 6 nitrogen and oxygen atoms in total. The number of amides is 1. The maximum atomic E-state index is 12.7. The van der Waals surface area contributed by atoms with E-state index in [1.165, 1.54) is 0 Å². The molecule has 0 saturated carbocycles. The molecule has 0 radical (unpaired) electrons. The summed E-state index contributed by atoms with van der Waals surface area (Å²) in [4.78, 5) is 12.7. The maximum Gasteiger partial charge on any atom is 0.253 e. The van der Waals surface area contributed by atoms with Crippen molar-refractivity contribution in [3.63, 3.8) is 0 Å². The molecule has 0 bridgehead atoms. The first-order chi connectivity index (χ1) is 12.5. The van der Waals surface area contributed by atoms with Crippen LogP contribution in [-0.2, 0) is 4.74 Å². The van der Waals surface area contributed by atoms with Gasteiger partial charge < -0.3 is 24.1 Å². The van der Waals surface area contributed by atoms with Gasteiger partial charge in [-0.15, -0.1) is 0 Å². The smallest absolute Gasteiger partial charge is 0.253 e. The van der Waals surface area contributed by atoms with Crippen LogP contribution < -0.4 is 14.8 Å². The minimum absolute atomic E-state index is 0.0554. The molecule has 26 heavy (non-hydrogen) atoms. The molecule has 1 N–H and O–H groups in total. The van der Waals surface area contributed by atoms with Crippen LogP contribution in [0.3, 0.4) is 0 Å². The zero-order valence-electron chi connectivity index (χ0n) is 15.8.